The van der Waals surface area contributed by atoms with Crippen molar-refractivity contribution in [2.45, 2.75) is 59.9 Å². The van der Waals surface area contributed by atoms with Crippen LogP contribution in [0.15, 0.2) is 29.1 Å². The molecule has 1 fully saturated rings. The number of nitrogens with zero attached hydrogens (tertiary/aromatic N) is 1. The number of carboxylic acids is 1. The van der Waals surface area contributed by atoms with Gasteiger partial charge in [0.05, 0.1) is 17.0 Å². The summed E-state index contributed by atoms with van der Waals surface area (Å²) in [4.78, 5) is 25.8. The van der Waals surface area contributed by atoms with Crippen LogP contribution in [0.5, 0.6) is 0 Å². The Balaban J connectivity index is 0.000000671. The smallest absolute Gasteiger partial charge is 0.326 e. The summed E-state index contributed by atoms with van der Waals surface area (Å²) in [7, 11) is 0. The number of benzene rings is 1. The number of carboxylic acid groups (broad SMARTS) is 1. The van der Waals surface area contributed by atoms with Gasteiger partial charge in [-0.3, -0.25) is 9.36 Å². The Labute approximate surface area is 143 Å². The van der Waals surface area contributed by atoms with Crippen molar-refractivity contribution < 1.29 is 9.90 Å². The summed E-state index contributed by atoms with van der Waals surface area (Å²) in [6.07, 6.45) is 3.19. The third kappa shape index (κ3) is 4.73. The summed E-state index contributed by atoms with van der Waals surface area (Å²) in [6, 6.07) is 7.67. The number of hydrogen-bond acceptors (Lipinski definition) is 2. The highest BCUT2D eigenvalue weighted by Crippen LogP contribution is 2.30. The Hall–Kier alpha value is -2.04. The minimum absolute atomic E-state index is 0.0773. The van der Waals surface area contributed by atoms with Gasteiger partial charge < -0.3 is 10.1 Å². The SMILES string of the molecule is CC.CC.O=C(O)C1CCC(Cn2c(=O)[nH]c3ccccc32)CC1. The average Bonchev–Trinajstić information content (AvgIpc) is 2.94. The topological polar surface area (TPSA) is 75.1 Å². The monoisotopic (exact) mass is 334 g/mol. The van der Waals surface area contributed by atoms with Gasteiger partial charge in [0.2, 0.25) is 0 Å². The molecule has 0 unspecified atom stereocenters. The number of imidazole rings is 1. The molecular weight excluding hydrogens is 304 g/mol. The van der Waals surface area contributed by atoms with Gasteiger partial charge in [0.1, 0.15) is 0 Å². The molecule has 1 aromatic carbocycles. The molecule has 1 aliphatic carbocycles. The average molecular weight is 334 g/mol. The van der Waals surface area contributed by atoms with Crippen LogP contribution in [0.25, 0.3) is 11.0 Å². The van der Waals surface area contributed by atoms with Crippen molar-refractivity contribution in [1.29, 1.82) is 0 Å². The molecule has 0 saturated heterocycles. The lowest BCUT2D eigenvalue weighted by atomic mass is 9.82. The highest BCUT2D eigenvalue weighted by Gasteiger charge is 2.26. The van der Waals surface area contributed by atoms with E-state index in [9.17, 15) is 9.59 Å². The van der Waals surface area contributed by atoms with Crippen molar-refractivity contribution in [3.63, 3.8) is 0 Å². The summed E-state index contributed by atoms with van der Waals surface area (Å²) in [5.74, 6) is -0.499. The quantitative estimate of drug-likeness (QED) is 0.880. The lowest BCUT2D eigenvalue weighted by Gasteiger charge is -2.26. The Morgan fingerprint density at radius 3 is 2.29 bits per heavy atom. The van der Waals surface area contributed by atoms with Gasteiger partial charge in [-0.2, -0.15) is 0 Å². The van der Waals surface area contributed by atoms with E-state index in [0.717, 1.165) is 36.7 Å². The van der Waals surface area contributed by atoms with E-state index in [1.165, 1.54) is 0 Å². The number of rotatable bonds is 3. The van der Waals surface area contributed by atoms with E-state index in [1.54, 1.807) is 4.57 Å². The molecule has 1 heterocycles. The fourth-order valence-electron chi connectivity index (χ4n) is 3.14. The normalized spacial score (nSPS) is 19.7. The number of H-pyrrole nitrogens is 1. The molecule has 1 saturated carbocycles. The van der Waals surface area contributed by atoms with Crippen molar-refractivity contribution >= 4 is 17.0 Å². The summed E-state index contributed by atoms with van der Waals surface area (Å²) in [5.41, 5.74) is 1.71. The molecule has 0 spiro atoms. The standard InChI is InChI=1S/C15H18N2O3.2C2H6/c18-14(19)11-7-5-10(6-8-11)9-17-13-4-2-1-3-12(13)16-15(17)20;2*1-2/h1-4,10-11H,5-9H2,(H,16,20)(H,18,19);2*1-2H3. The number of aromatic amines is 1. The summed E-state index contributed by atoms with van der Waals surface area (Å²) < 4.78 is 1.78. The number of para-hydroxylation sites is 2. The molecule has 5 nitrogen and oxygen atoms in total. The molecule has 2 aromatic rings. The number of aliphatic carboxylic acids is 1. The Bertz CT molecular complexity index is 679. The third-order valence-corrected chi connectivity index (χ3v) is 4.32. The van der Waals surface area contributed by atoms with Crippen molar-refractivity contribution in [3.05, 3.63) is 34.7 Å². The summed E-state index contributed by atoms with van der Waals surface area (Å²) in [6.45, 7) is 8.68. The number of nitrogens with one attached hydrogen (secondary N) is 1. The zero-order valence-electron chi connectivity index (χ0n) is 15.2. The minimum atomic E-state index is -0.687. The highest BCUT2D eigenvalue weighted by molar-refractivity contribution is 5.74. The van der Waals surface area contributed by atoms with Gasteiger partial charge in [-0.1, -0.05) is 39.8 Å². The number of hydrogen-bond donors (Lipinski definition) is 2. The molecule has 0 amide bonds. The molecule has 3 rings (SSSR count). The first kappa shape index (κ1) is 20.0. The predicted octanol–water partition coefficient (Wildman–Crippen LogP) is 4.27. The second-order valence-electron chi connectivity index (χ2n) is 5.61. The van der Waals surface area contributed by atoms with Gasteiger partial charge in [0.15, 0.2) is 0 Å². The maximum atomic E-state index is 12.0. The molecule has 24 heavy (non-hydrogen) atoms. The zero-order chi connectivity index (χ0) is 18.1. The molecule has 0 aliphatic heterocycles. The predicted molar refractivity (Wildman–Crippen MR) is 98.3 cm³/mol. The van der Waals surface area contributed by atoms with E-state index >= 15 is 0 Å². The van der Waals surface area contributed by atoms with E-state index in [1.807, 2.05) is 52.0 Å². The Morgan fingerprint density at radius 1 is 1.12 bits per heavy atom. The maximum Gasteiger partial charge on any atom is 0.326 e. The Kier molecular flexibility index (Phi) is 8.30. The van der Waals surface area contributed by atoms with E-state index in [-0.39, 0.29) is 11.6 Å². The van der Waals surface area contributed by atoms with Crippen LogP contribution in [0, 0.1) is 11.8 Å². The summed E-state index contributed by atoms with van der Waals surface area (Å²) in [5, 5.41) is 9.01. The molecule has 1 aromatic heterocycles. The van der Waals surface area contributed by atoms with Gasteiger partial charge in [0, 0.05) is 6.54 Å². The van der Waals surface area contributed by atoms with Crippen LogP contribution in [0.2, 0.25) is 0 Å². The lowest BCUT2D eigenvalue weighted by molar-refractivity contribution is -0.143. The van der Waals surface area contributed by atoms with Crippen molar-refractivity contribution in [1.82, 2.24) is 9.55 Å². The first-order valence-corrected chi connectivity index (χ1v) is 9.05. The second kappa shape index (κ2) is 9.96. The van der Waals surface area contributed by atoms with Gasteiger partial charge >= 0.3 is 11.7 Å². The molecule has 5 heteroatoms. The third-order valence-electron chi connectivity index (χ3n) is 4.32. The van der Waals surface area contributed by atoms with E-state index in [2.05, 4.69) is 4.98 Å². The van der Waals surface area contributed by atoms with Gasteiger partial charge in [-0.05, 0) is 43.7 Å². The van der Waals surface area contributed by atoms with Gasteiger partial charge in [-0.25, -0.2) is 4.79 Å². The fraction of sp³-hybridized carbons (Fsp3) is 0.579. The number of carbonyl (C=O) groups is 1. The van der Waals surface area contributed by atoms with E-state index < -0.39 is 5.97 Å². The van der Waals surface area contributed by atoms with Crippen LogP contribution in [0.4, 0.5) is 0 Å². The van der Waals surface area contributed by atoms with Crippen LogP contribution in [0.3, 0.4) is 0 Å². The van der Waals surface area contributed by atoms with Crippen LogP contribution in [-0.4, -0.2) is 20.6 Å². The number of aromatic nitrogens is 2. The van der Waals surface area contributed by atoms with E-state index in [0.29, 0.717) is 12.5 Å². The van der Waals surface area contributed by atoms with Crippen LogP contribution in [0.1, 0.15) is 53.4 Å². The molecule has 0 atom stereocenters. The van der Waals surface area contributed by atoms with Crippen LogP contribution >= 0.6 is 0 Å². The molecule has 134 valence electrons. The van der Waals surface area contributed by atoms with Crippen molar-refractivity contribution in [2.75, 3.05) is 0 Å². The van der Waals surface area contributed by atoms with E-state index in [4.69, 9.17) is 5.11 Å². The van der Waals surface area contributed by atoms with Gasteiger partial charge in [-0.15, -0.1) is 0 Å². The van der Waals surface area contributed by atoms with Crippen LogP contribution < -0.4 is 5.69 Å². The second-order valence-corrected chi connectivity index (χ2v) is 5.61. The molecule has 2 N–H and O–H groups in total. The fourth-order valence-corrected chi connectivity index (χ4v) is 3.14. The molecule has 0 bridgehead atoms. The zero-order valence-corrected chi connectivity index (χ0v) is 15.2. The van der Waals surface area contributed by atoms with Gasteiger partial charge in [0.25, 0.3) is 0 Å². The Morgan fingerprint density at radius 2 is 1.71 bits per heavy atom. The highest BCUT2D eigenvalue weighted by atomic mass is 16.4. The molecular formula is C19H30N2O3. The maximum absolute atomic E-state index is 12.0. The number of fused-ring (bicyclic) bond motifs is 1. The largest absolute Gasteiger partial charge is 0.481 e. The van der Waals surface area contributed by atoms with Crippen LogP contribution in [-0.2, 0) is 11.3 Å². The molecule has 0 radical (unpaired) electrons. The lowest BCUT2D eigenvalue weighted by Crippen LogP contribution is -2.27. The first-order chi connectivity index (χ1) is 11.6. The summed E-state index contributed by atoms with van der Waals surface area (Å²) >= 11 is 0. The van der Waals surface area contributed by atoms with Crippen molar-refractivity contribution in [3.8, 4) is 0 Å². The molecule has 1 aliphatic rings. The van der Waals surface area contributed by atoms with Crippen molar-refractivity contribution in [2.24, 2.45) is 11.8 Å². The minimum Gasteiger partial charge on any atom is -0.481 e. The first-order valence-electron chi connectivity index (χ1n) is 9.05.